The third-order valence-corrected chi connectivity index (χ3v) is 3.60. The number of piperidine rings is 1. The third-order valence-electron chi connectivity index (χ3n) is 3.60. The van der Waals surface area contributed by atoms with Gasteiger partial charge in [-0.1, -0.05) is 0 Å². The van der Waals surface area contributed by atoms with Crippen molar-refractivity contribution in [2.24, 2.45) is 5.92 Å². The maximum atomic E-state index is 11.8. The van der Waals surface area contributed by atoms with E-state index >= 15 is 0 Å². The first-order valence-electron chi connectivity index (χ1n) is 7.03. The highest BCUT2D eigenvalue weighted by Gasteiger charge is 2.26. The van der Waals surface area contributed by atoms with Crippen molar-refractivity contribution in [1.82, 2.24) is 10.2 Å². The van der Waals surface area contributed by atoms with Gasteiger partial charge >= 0.3 is 0 Å². The number of nitrogens with zero attached hydrogens (tertiary/aromatic N) is 1. The molecule has 2 aliphatic rings. The molecule has 0 aromatic heterocycles. The number of carbonyl (C=O) groups is 1. The second kappa shape index (κ2) is 7.07. The normalized spacial score (nSPS) is 26.4. The van der Waals surface area contributed by atoms with Gasteiger partial charge in [-0.3, -0.25) is 4.79 Å². The van der Waals surface area contributed by atoms with E-state index in [9.17, 15) is 4.79 Å². The molecule has 104 valence electrons. The van der Waals surface area contributed by atoms with Crippen LogP contribution in [0.1, 0.15) is 26.2 Å². The summed E-state index contributed by atoms with van der Waals surface area (Å²) in [6.45, 7) is 7.03. The van der Waals surface area contributed by atoms with Gasteiger partial charge in [0.05, 0.1) is 19.1 Å². The molecule has 2 aliphatic heterocycles. The van der Waals surface area contributed by atoms with Crippen LogP contribution in [0.5, 0.6) is 0 Å². The predicted octanol–water partition coefficient (Wildman–Crippen LogP) is 0.598. The van der Waals surface area contributed by atoms with Gasteiger partial charge in [-0.2, -0.15) is 0 Å². The number of hydrogen-bond acceptors (Lipinski definition) is 4. The molecule has 1 amide bonds. The largest absolute Gasteiger partial charge is 0.356 e. The fraction of sp³-hybridized carbons (Fsp3) is 0.923. The molecule has 0 saturated carbocycles. The van der Waals surface area contributed by atoms with Crippen molar-refractivity contribution in [3.63, 3.8) is 0 Å². The Kier molecular flexibility index (Phi) is 5.41. The maximum absolute atomic E-state index is 11.8. The molecule has 2 heterocycles. The Labute approximate surface area is 109 Å². The molecule has 2 saturated heterocycles. The van der Waals surface area contributed by atoms with Crippen LogP contribution >= 0.6 is 0 Å². The van der Waals surface area contributed by atoms with Crippen LogP contribution in [0.3, 0.4) is 0 Å². The van der Waals surface area contributed by atoms with Crippen LogP contribution < -0.4 is 5.32 Å². The van der Waals surface area contributed by atoms with E-state index in [2.05, 4.69) is 10.2 Å². The van der Waals surface area contributed by atoms with Crippen molar-refractivity contribution >= 4 is 5.91 Å². The highest BCUT2D eigenvalue weighted by atomic mass is 16.7. The summed E-state index contributed by atoms with van der Waals surface area (Å²) in [5, 5.41) is 2.92. The molecule has 2 fully saturated rings. The van der Waals surface area contributed by atoms with Gasteiger partial charge in [0.1, 0.15) is 0 Å². The average Bonchev–Trinajstić information content (AvgIpc) is 2.90. The summed E-state index contributed by atoms with van der Waals surface area (Å²) in [6.07, 6.45) is 2.99. The van der Waals surface area contributed by atoms with Gasteiger partial charge in [0.2, 0.25) is 5.91 Å². The maximum Gasteiger partial charge on any atom is 0.224 e. The molecule has 0 spiro atoms. The number of likely N-dealkylation sites (tertiary alicyclic amines) is 1. The Balaban J connectivity index is 1.70. The second-order valence-electron chi connectivity index (χ2n) is 4.99. The first-order chi connectivity index (χ1) is 8.79. The highest BCUT2D eigenvalue weighted by molar-refractivity contribution is 5.78. The number of rotatable bonds is 5. The summed E-state index contributed by atoms with van der Waals surface area (Å²) in [5.74, 6) is 0.361. The van der Waals surface area contributed by atoms with Crippen LogP contribution in [0.15, 0.2) is 0 Å². The SMILES string of the molecule is CCNC(=O)[C@H]1CCCN(CCC2OCCO2)C1. The molecule has 5 nitrogen and oxygen atoms in total. The minimum absolute atomic E-state index is 0.0326. The molecule has 5 heteroatoms. The number of amides is 1. The molecule has 1 N–H and O–H groups in total. The molecule has 1 atom stereocenters. The van der Waals surface area contributed by atoms with E-state index in [1.54, 1.807) is 0 Å². The fourth-order valence-corrected chi connectivity index (χ4v) is 2.65. The molecule has 2 rings (SSSR count). The predicted molar refractivity (Wildman–Crippen MR) is 68.2 cm³/mol. The Bertz CT molecular complexity index is 267. The molecule has 0 bridgehead atoms. The zero-order valence-corrected chi connectivity index (χ0v) is 11.2. The van der Waals surface area contributed by atoms with E-state index in [-0.39, 0.29) is 18.1 Å². The van der Waals surface area contributed by atoms with Gasteiger partial charge in [0.15, 0.2) is 6.29 Å². The van der Waals surface area contributed by atoms with E-state index in [1.807, 2.05) is 6.92 Å². The van der Waals surface area contributed by atoms with Crippen LogP contribution in [0, 0.1) is 5.92 Å². The highest BCUT2D eigenvalue weighted by Crippen LogP contribution is 2.18. The van der Waals surface area contributed by atoms with Gasteiger partial charge < -0.3 is 19.7 Å². The van der Waals surface area contributed by atoms with E-state index in [0.717, 1.165) is 45.4 Å². The molecular formula is C13H24N2O3. The number of nitrogens with one attached hydrogen (secondary N) is 1. The quantitative estimate of drug-likeness (QED) is 0.782. The summed E-state index contributed by atoms with van der Waals surface area (Å²) in [6, 6.07) is 0. The lowest BCUT2D eigenvalue weighted by Crippen LogP contribution is -2.43. The van der Waals surface area contributed by atoms with Crippen molar-refractivity contribution in [2.45, 2.75) is 32.5 Å². The zero-order valence-electron chi connectivity index (χ0n) is 11.2. The van der Waals surface area contributed by atoms with Gasteiger partial charge in [-0.15, -0.1) is 0 Å². The van der Waals surface area contributed by atoms with E-state index < -0.39 is 0 Å². The first kappa shape index (κ1) is 13.8. The second-order valence-corrected chi connectivity index (χ2v) is 4.99. The van der Waals surface area contributed by atoms with Crippen molar-refractivity contribution in [2.75, 3.05) is 39.4 Å². The Morgan fingerprint density at radius 2 is 2.17 bits per heavy atom. The van der Waals surface area contributed by atoms with Crippen molar-refractivity contribution < 1.29 is 14.3 Å². The Hall–Kier alpha value is -0.650. The van der Waals surface area contributed by atoms with Gasteiger partial charge in [0, 0.05) is 26.1 Å². The van der Waals surface area contributed by atoms with Crippen LogP contribution in [-0.4, -0.2) is 56.5 Å². The number of ether oxygens (including phenoxy) is 2. The summed E-state index contributed by atoms with van der Waals surface area (Å²) in [4.78, 5) is 14.2. The monoisotopic (exact) mass is 256 g/mol. The van der Waals surface area contributed by atoms with Crippen LogP contribution in [0.2, 0.25) is 0 Å². The van der Waals surface area contributed by atoms with Gasteiger partial charge in [-0.05, 0) is 26.3 Å². The molecule has 0 aromatic rings. The minimum atomic E-state index is -0.0326. The van der Waals surface area contributed by atoms with E-state index in [0.29, 0.717) is 13.2 Å². The minimum Gasteiger partial charge on any atom is -0.356 e. The topological polar surface area (TPSA) is 50.8 Å². The molecule has 0 radical (unpaired) electrons. The molecular weight excluding hydrogens is 232 g/mol. The zero-order chi connectivity index (χ0) is 12.8. The summed E-state index contributed by atoms with van der Waals surface area (Å²) in [7, 11) is 0. The lowest BCUT2D eigenvalue weighted by atomic mass is 9.97. The summed E-state index contributed by atoms with van der Waals surface area (Å²) >= 11 is 0. The molecule has 0 unspecified atom stereocenters. The van der Waals surface area contributed by atoms with E-state index in [4.69, 9.17) is 9.47 Å². The van der Waals surface area contributed by atoms with Crippen molar-refractivity contribution in [3.05, 3.63) is 0 Å². The third kappa shape index (κ3) is 3.93. The number of carbonyl (C=O) groups excluding carboxylic acids is 1. The molecule has 0 aliphatic carbocycles. The van der Waals surface area contributed by atoms with Crippen LogP contribution in [-0.2, 0) is 14.3 Å². The van der Waals surface area contributed by atoms with Gasteiger partial charge in [0.25, 0.3) is 0 Å². The number of hydrogen-bond donors (Lipinski definition) is 1. The smallest absolute Gasteiger partial charge is 0.224 e. The van der Waals surface area contributed by atoms with Gasteiger partial charge in [-0.25, -0.2) is 0 Å². The lowest BCUT2D eigenvalue weighted by molar-refractivity contribution is -0.126. The van der Waals surface area contributed by atoms with Crippen LogP contribution in [0.25, 0.3) is 0 Å². The lowest BCUT2D eigenvalue weighted by Gasteiger charge is -2.32. The standard InChI is InChI=1S/C13H24N2O3/c1-2-14-13(16)11-4-3-6-15(10-11)7-5-12-17-8-9-18-12/h11-12H,2-10H2,1H3,(H,14,16)/t11-/m0/s1. The summed E-state index contributed by atoms with van der Waals surface area (Å²) in [5.41, 5.74) is 0. The average molecular weight is 256 g/mol. The fourth-order valence-electron chi connectivity index (χ4n) is 2.65. The molecule has 0 aromatic carbocycles. The molecule has 18 heavy (non-hydrogen) atoms. The Morgan fingerprint density at radius 3 is 2.89 bits per heavy atom. The van der Waals surface area contributed by atoms with Crippen molar-refractivity contribution in [1.29, 1.82) is 0 Å². The van der Waals surface area contributed by atoms with Crippen LogP contribution in [0.4, 0.5) is 0 Å². The Morgan fingerprint density at radius 1 is 1.39 bits per heavy atom. The first-order valence-corrected chi connectivity index (χ1v) is 7.03. The van der Waals surface area contributed by atoms with Crippen molar-refractivity contribution in [3.8, 4) is 0 Å². The summed E-state index contributed by atoms with van der Waals surface area (Å²) < 4.78 is 10.9. The van der Waals surface area contributed by atoms with E-state index in [1.165, 1.54) is 0 Å².